The first kappa shape index (κ1) is 20.3. The van der Waals surface area contributed by atoms with Gasteiger partial charge in [-0.05, 0) is 75.5 Å². The molecule has 1 fully saturated rings. The molecule has 5 rings (SSSR count). The molecule has 0 radical (unpaired) electrons. The van der Waals surface area contributed by atoms with Crippen molar-refractivity contribution in [1.29, 1.82) is 0 Å². The second-order valence-corrected chi connectivity index (χ2v) is 8.01. The maximum Gasteiger partial charge on any atom is 0.227 e. The van der Waals surface area contributed by atoms with Crippen LogP contribution in [0.1, 0.15) is 17.5 Å². The van der Waals surface area contributed by atoms with Gasteiger partial charge in [0, 0.05) is 26.2 Å². The summed E-state index contributed by atoms with van der Waals surface area (Å²) < 4.78 is 6.37. The highest BCUT2D eigenvalue weighted by molar-refractivity contribution is 5.79. The topological polar surface area (TPSA) is 106 Å². The van der Waals surface area contributed by atoms with Crippen molar-refractivity contribution >= 4 is 16.9 Å². The number of rotatable bonds is 6. The number of carbonyl (C=O) groups is 1. The molecule has 0 spiro atoms. The second-order valence-electron chi connectivity index (χ2n) is 8.01. The molecule has 0 atom stereocenters. The minimum absolute atomic E-state index is 0.172. The summed E-state index contributed by atoms with van der Waals surface area (Å²) in [6.07, 6.45) is 3.87. The van der Waals surface area contributed by atoms with E-state index < -0.39 is 0 Å². The molecule has 164 valence electrons. The summed E-state index contributed by atoms with van der Waals surface area (Å²) in [5.74, 6) is 0.172. The predicted octanol–water partition coefficient (Wildman–Crippen LogP) is 1.52. The third-order valence-electron chi connectivity index (χ3n) is 5.88. The normalized spacial score (nSPS) is 15.2. The lowest BCUT2D eigenvalue weighted by Crippen LogP contribution is -2.36. The first-order valence-electron chi connectivity index (χ1n) is 10.8. The van der Waals surface area contributed by atoms with E-state index in [1.165, 1.54) is 5.56 Å². The third-order valence-corrected chi connectivity index (χ3v) is 5.88. The van der Waals surface area contributed by atoms with Gasteiger partial charge in [-0.15, -0.1) is 5.10 Å². The molecule has 0 N–H and O–H groups in total. The van der Waals surface area contributed by atoms with Crippen molar-refractivity contribution in [1.82, 2.24) is 40.3 Å². The van der Waals surface area contributed by atoms with Gasteiger partial charge in [-0.1, -0.05) is 18.2 Å². The second kappa shape index (κ2) is 9.23. The third kappa shape index (κ3) is 4.65. The average Bonchev–Trinajstić information content (AvgIpc) is 3.46. The number of nitrogens with zero attached hydrogens (tertiary/aromatic N) is 8. The van der Waals surface area contributed by atoms with Crippen LogP contribution in [0.4, 0.5) is 0 Å². The van der Waals surface area contributed by atoms with Gasteiger partial charge in [0.15, 0.2) is 0 Å². The fraction of sp³-hybridized carbons (Fsp3) is 0.364. The summed E-state index contributed by atoms with van der Waals surface area (Å²) in [4.78, 5) is 17.3. The van der Waals surface area contributed by atoms with Gasteiger partial charge in [-0.3, -0.25) is 4.79 Å². The Morgan fingerprint density at radius 2 is 1.78 bits per heavy atom. The van der Waals surface area contributed by atoms with E-state index in [4.69, 9.17) is 4.63 Å². The molecule has 4 aromatic rings. The summed E-state index contributed by atoms with van der Waals surface area (Å²) >= 11 is 0. The number of carbonyl (C=O) groups excluding carboxylic acids is 1. The van der Waals surface area contributed by atoms with Crippen molar-refractivity contribution in [2.45, 2.75) is 19.3 Å². The molecule has 1 aliphatic heterocycles. The lowest BCUT2D eigenvalue weighted by atomic mass is 10.1. The molecule has 1 saturated heterocycles. The Morgan fingerprint density at radius 3 is 2.62 bits per heavy atom. The highest BCUT2D eigenvalue weighted by atomic mass is 16.6. The van der Waals surface area contributed by atoms with Crippen LogP contribution in [0, 0.1) is 0 Å². The summed E-state index contributed by atoms with van der Waals surface area (Å²) in [7, 11) is 0. The Hall–Kier alpha value is -3.66. The van der Waals surface area contributed by atoms with Gasteiger partial charge in [0.25, 0.3) is 0 Å². The van der Waals surface area contributed by atoms with E-state index in [0.717, 1.165) is 67.8 Å². The van der Waals surface area contributed by atoms with E-state index in [2.05, 4.69) is 36.8 Å². The van der Waals surface area contributed by atoms with Gasteiger partial charge >= 0.3 is 0 Å². The van der Waals surface area contributed by atoms with Gasteiger partial charge in [0.05, 0.1) is 12.1 Å². The summed E-state index contributed by atoms with van der Waals surface area (Å²) in [6.45, 7) is 4.40. The lowest BCUT2D eigenvalue weighted by Gasteiger charge is -2.22. The first-order valence-corrected chi connectivity index (χ1v) is 10.8. The van der Waals surface area contributed by atoms with Crippen molar-refractivity contribution in [2.24, 2.45) is 0 Å². The highest BCUT2D eigenvalue weighted by Gasteiger charge is 2.19. The van der Waals surface area contributed by atoms with E-state index >= 15 is 0 Å². The van der Waals surface area contributed by atoms with E-state index in [1.54, 1.807) is 11.0 Å². The minimum Gasteiger partial charge on any atom is -0.341 e. The molecule has 0 aliphatic carbocycles. The molecule has 2 aromatic heterocycles. The van der Waals surface area contributed by atoms with Crippen molar-refractivity contribution in [2.75, 3.05) is 32.7 Å². The highest BCUT2D eigenvalue weighted by Crippen LogP contribution is 2.14. The van der Waals surface area contributed by atoms with Gasteiger partial charge in [0.2, 0.25) is 5.91 Å². The number of aromatic nitrogens is 6. The minimum atomic E-state index is 0.172. The fourth-order valence-electron chi connectivity index (χ4n) is 4.05. The van der Waals surface area contributed by atoms with E-state index in [-0.39, 0.29) is 5.91 Å². The molecular formula is C22H24N8O2. The quantitative estimate of drug-likeness (QED) is 0.451. The standard InChI is InChI=1S/C22H24N8O2/c31-22(15-17-2-5-19(6-3-17)30-16-23-26-27-30)29-10-1-9-28(12-13-29)11-8-18-4-7-20-21(14-18)25-32-24-20/h2-7,14,16H,1,8-13,15H2. The number of amides is 1. The zero-order chi connectivity index (χ0) is 21.8. The number of fused-ring (bicyclic) bond motifs is 1. The van der Waals surface area contributed by atoms with Crippen molar-refractivity contribution in [3.8, 4) is 5.69 Å². The first-order chi connectivity index (χ1) is 15.7. The SMILES string of the molecule is O=C(Cc1ccc(-n2cnnn2)cc1)N1CCCN(CCc2ccc3nonc3c2)CC1. The van der Waals surface area contributed by atoms with Gasteiger partial charge in [-0.2, -0.15) is 0 Å². The molecule has 10 nitrogen and oxygen atoms in total. The Balaban J connectivity index is 1.12. The number of hydrogen-bond donors (Lipinski definition) is 0. The van der Waals surface area contributed by atoms with Crippen LogP contribution in [0.3, 0.4) is 0 Å². The Morgan fingerprint density at radius 1 is 0.938 bits per heavy atom. The number of hydrogen-bond acceptors (Lipinski definition) is 8. The molecule has 0 bridgehead atoms. The molecule has 10 heteroatoms. The van der Waals surface area contributed by atoms with Gasteiger partial charge < -0.3 is 9.80 Å². The molecule has 0 unspecified atom stereocenters. The van der Waals surface area contributed by atoms with Gasteiger partial charge in [-0.25, -0.2) is 9.31 Å². The van der Waals surface area contributed by atoms with Crippen LogP contribution in [-0.4, -0.2) is 79.0 Å². The van der Waals surface area contributed by atoms with Crippen molar-refractivity contribution in [3.05, 3.63) is 59.9 Å². The maximum atomic E-state index is 12.9. The van der Waals surface area contributed by atoms with Crippen LogP contribution in [0.25, 0.3) is 16.7 Å². The predicted molar refractivity (Wildman–Crippen MR) is 116 cm³/mol. The lowest BCUT2D eigenvalue weighted by molar-refractivity contribution is -0.130. The number of benzene rings is 2. The largest absolute Gasteiger partial charge is 0.341 e. The molecule has 1 amide bonds. The molecular weight excluding hydrogens is 408 g/mol. The van der Waals surface area contributed by atoms with E-state index in [1.807, 2.05) is 41.3 Å². The molecule has 32 heavy (non-hydrogen) atoms. The summed E-state index contributed by atoms with van der Waals surface area (Å²) in [5.41, 5.74) is 4.65. The zero-order valence-corrected chi connectivity index (χ0v) is 17.7. The zero-order valence-electron chi connectivity index (χ0n) is 17.7. The molecule has 2 aromatic carbocycles. The maximum absolute atomic E-state index is 12.9. The monoisotopic (exact) mass is 432 g/mol. The Kier molecular flexibility index (Phi) is 5.84. The van der Waals surface area contributed by atoms with Gasteiger partial charge in [0.1, 0.15) is 17.4 Å². The molecule has 3 heterocycles. The Bertz CT molecular complexity index is 1170. The van der Waals surface area contributed by atoms with E-state index in [0.29, 0.717) is 6.42 Å². The fourth-order valence-corrected chi connectivity index (χ4v) is 4.05. The van der Waals surface area contributed by atoms with Crippen molar-refractivity contribution in [3.63, 3.8) is 0 Å². The average molecular weight is 432 g/mol. The van der Waals surface area contributed by atoms with Crippen LogP contribution in [-0.2, 0) is 17.6 Å². The van der Waals surface area contributed by atoms with Crippen LogP contribution >= 0.6 is 0 Å². The van der Waals surface area contributed by atoms with E-state index in [9.17, 15) is 4.79 Å². The smallest absolute Gasteiger partial charge is 0.227 e. The molecule has 0 saturated carbocycles. The van der Waals surface area contributed by atoms with Crippen LogP contribution in [0.15, 0.2) is 53.4 Å². The van der Waals surface area contributed by atoms with Crippen LogP contribution in [0.5, 0.6) is 0 Å². The summed E-state index contributed by atoms with van der Waals surface area (Å²) in [5, 5.41) is 18.9. The van der Waals surface area contributed by atoms with Crippen LogP contribution < -0.4 is 0 Å². The summed E-state index contributed by atoms with van der Waals surface area (Å²) in [6, 6.07) is 13.8. The number of tetrazole rings is 1. The molecule has 1 aliphatic rings. The Labute approximate surface area is 184 Å². The van der Waals surface area contributed by atoms with Crippen molar-refractivity contribution < 1.29 is 9.42 Å². The van der Waals surface area contributed by atoms with Crippen LogP contribution in [0.2, 0.25) is 0 Å².